The summed E-state index contributed by atoms with van der Waals surface area (Å²) in [6, 6.07) is 4.09. The minimum atomic E-state index is -0.340. The van der Waals surface area contributed by atoms with Gasteiger partial charge in [-0.25, -0.2) is 4.68 Å². The Morgan fingerprint density at radius 1 is 1.26 bits per heavy atom. The zero-order valence-electron chi connectivity index (χ0n) is 15.9. The largest absolute Gasteiger partial charge is 0.493 e. The Bertz CT molecular complexity index is 905. The third-order valence-electron chi connectivity index (χ3n) is 4.86. The Kier molecular flexibility index (Phi) is 5.81. The van der Waals surface area contributed by atoms with Gasteiger partial charge in [-0.15, -0.1) is 0 Å². The first-order chi connectivity index (χ1) is 12.9. The summed E-state index contributed by atoms with van der Waals surface area (Å²) in [6.45, 7) is 2.28. The van der Waals surface area contributed by atoms with Crippen molar-refractivity contribution >= 4 is 18.1 Å². The van der Waals surface area contributed by atoms with Crippen LogP contribution in [0.1, 0.15) is 23.4 Å². The molecule has 0 atom stereocenters. The minimum absolute atomic E-state index is 0.262. The second-order valence-electron chi connectivity index (χ2n) is 6.64. The SMILES string of the molecule is COc1cc2c(cc1OC)CN(Cn1nc(CCC(N)=O)n(C)c1=S)CC2. The molecule has 1 aliphatic rings. The zero-order valence-corrected chi connectivity index (χ0v) is 16.7. The summed E-state index contributed by atoms with van der Waals surface area (Å²) in [4.78, 5) is 13.3. The number of methoxy groups -OCH3 is 2. The van der Waals surface area contributed by atoms with E-state index in [1.54, 1.807) is 18.9 Å². The van der Waals surface area contributed by atoms with Crippen LogP contribution in [0.5, 0.6) is 11.5 Å². The molecule has 0 fully saturated rings. The van der Waals surface area contributed by atoms with Gasteiger partial charge in [-0.2, -0.15) is 5.10 Å². The number of benzene rings is 1. The number of ether oxygens (including phenoxy) is 2. The van der Waals surface area contributed by atoms with E-state index in [1.165, 1.54) is 11.1 Å². The number of nitrogens with two attached hydrogens (primary N) is 1. The number of amides is 1. The van der Waals surface area contributed by atoms with E-state index >= 15 is 0 Å². The van der Waals surface area contributed by atoms with Crippen molar-refractivity contribution in [1.29, 1.82) is 0 Å². The second-order valence-corrected chi connectivity index (χ2v) is 7.01. The first kappa shape index (κ1) is 19.4. The van der Waals surface area contributed by atoms with E-state index in [-0.39, 0.29) is 12.3 Å². The van der Waals surface area contributed by atoms with Crippen LogP contribution in [0.2, 0.25) is 0 Å². The summed E-state index contributed by atoms with van der Waals surface area (Å²) >= 11 is 5.50. The van der Waals surface area contributed by atoms with Gasteiger partial charge >= 0.3 is 0 Å². The molecule has 3 rings (SSSR count). The highest BCUT2D eigenvalue weighted by Crippen LogP contribution is 2.33. The lowest BCUT2D eigenvalue weighted by atomic mass is 9.99. The van der Waals surface area contributed by atoms with Gasteiger partial charge in [0.1, 0.15) is 5.82 Å². The van der Waals surface area contributed by atoms with Crippen molar-refractivity contribution in [3.63, 3.8) is 0 Å². The van der Waals surface area contributed by atoms with Gasteiger partial charge in [0.05, 0.1) is 20.9 Å². The van der Waals surface area contributed by atoms with E-state index < -0.39 is 0 Å². The van der Waals surface area contributed by atoms with Crippen LogP contribution < -0.4 is 15.2 Å². The van der Waals surface area contributed by atoms with Crippen molar-refractivity contribution in [2.45, 2.75) is 32.5 Å². The third-order valence-corrected chi connectivity index (χ3v) is 5.34. The highest BCUT2D eigenvalue weighted by atomic mass is 32.1. The molecule has 2 aromatic rings. The second kappa shape index (κ2) is 8.10. The molecule has 1 amide bonds. The molecule has 146 valence electrons. The summed E-state index contributed by atoms with van der Waals surface area (Å²) in [7, 11) is 5.16. The van der Waals surface area contributed by atoms with Gasteiger partial charge < -0.3 is 19.8 Å². The Morgan fingerprint density at radius 3 is 2.56 bits per heavy atom. The molecule has 8 nitrogen and oxygen atoms in total. The number of hydrogen-bond donors (Lipinski definition) is 1. The average molecular weight is 391 g/mol. The number of aryl methyl sites for hydroxylation is 1. The third kappa shape index (κ3) is 4.14. The molecule has 0 aliphatic carbocycles. The van der Waals surface area contributed by atoms with Gasteiger partial charge in [-0.1, -0.05) is 0 Å². The summed E-state index contributed by atoms with van der Waals surface area (Å²) in [5, 5.41) is 4.57. The molecular weight excluding hydrogens is 366 g/mol. The van der Waals surface area contributed by atoms with Crippen molar-refractivity contribution in [3.05, 3.63) is 33.9 Å². The fourth-order valence-corrected chi connectivity index (χ4v) is 3.53. The van der Waals surface area contributed by atoms with Gasteiger partial charge in [0.15, 0.2) is 16.3 Å². The lowest BCUT2D eigenvalue weighted by molar-refractivity contribution is -0.118. The van der Waals surface area contributed by atoms with E-state index in [0.717, 1.165) is 36.8 Å². The molecule has 0 radical (unpaired) electrons. The predicted molar refractivity (Wildman–Crippen MR) is 103 cm³/mol. The number of nitrogens with zero attached hydrogens (tertiary/aromatic N) is 4. The Morgan fingerprint density at radius 2 is 1.93 bits per heavy atom. The molecule has 0 saturated heterocycles. The van der Waals surface area contributed by atoms with Crippen LogP contribution in [0.3, 0.4) is 0 Å². The zero-order chi connectivity index (χ0) is 19.6. The highest BCUT2D eigenvalue weighted by molar-refractivity contribution is 7.71. The summed E-state index contributed by atoms with van der Waals surface area (Å²) < 4.78 is 15.1. The van der Waals surface area contributed by atoms with Crippen molar-refractivity contribution < 1.29 is 14.3 Å². The van der Waals surface area contributed by atoms with Crippen LogP contribution in [-0.2, 0) is 37.9 Å². The maximum atomic E-state index is 11.0. The van der Waals surface area contributed by atoms with Crippen LogP contribution in [0.15, 0.2) is 12.1 Å². The van der Waals surface area contributed by atoms with Crippen LogP contribution in [0, 0.1) is 4.77 Å². The lowest BCUT2D eigenvalue weighted by Gasteiger charge is -2.29. The molecule has 2 heterocycles. The number of fused-ring (bicyclic) bond motifs is 1. The average Bonchev–Trinajstić information content (AvgIpc) is 2.93. The van der Waals surface area contributed by atoms with Gasteiger partial charge in [0.25, 0.3) is 0 Å². The van der Waals surface area contributed by atoms with E-state index in [4.69, 9.17) is 27.4 Å². The Labute approximate surface area is 163 Å². The fraction of sp³-hybridized carbons (Fsp3) is 0.500. The fourth-order valence-electron chi connectivity index (χ4n) is 3.33. The molecule has 1 aromatic heterocycles. The van der Waals surface area contributed by atoms with Crippen molar-refractivity contribution in [2.24, 2.45) is 12.8 Å². The Balaban J connectivity index is 1.76. The van der Waals surface area contributed by atoms with Crippen LogP contribution in [0.4, 0.5) is 0 Å². The van der Waals surface area contributed by atoms with Gasteiger partial charge in [-0.05, 0) is 41.9 Å². The molecule has 0 spiro atoms. The van der Waals surface area contributed by atoms with Gasteiger partial charge in [0.2, 0.25) is 5.91 Å². The molecule has 9 heteroatoms. The van der Waals surface area contributed by atoms with Crippen LogP contribution in [0.25, 0.3) is 0 Å². The van der Waals surface area contributed by atoms with Crippen molar-refractivity contribution in [3.8, 4) is 11.5 Å². The minimum Gasteiger partial charge on any atom is -0.493 e. The summed E-state index contributed by atoms with van der Waals surface area (Å²) in [6.07, 6.45) is 1.67. The van der Waals surface area contributed by atoms with Crippen molar-refractivity contribution in [2.75, 3.05) is 20.8 Å². The number of primary amides is 1. The molecule has 0 unspecified atom stereocenters. The lowest BCUT2D eigenvalue weighted by Crippen LogP contribution is -2.33. The number of carbonyl (C=O) groups is 1. The van der Waals surface area contributed by atoms with Gasteiger partial charge in [0, 0.05) is 33.0 Å². The number of carbonyl (C=O) groups excluding carboxylic acids is 1. The first-order valence-corrected chi connectivity index (χ1v) is 9.21. The highest BCUT2D eigenvalue weighted by Gasteiger charge is 2.20. The normalized spacial score (nSPS) is 14.0. The molecule has 27 heavy (non-hydrogen) atoms. The maximum absolute atomic E-state index is 11.0. The van der Waals surface area contributed by atoms with Crippen molar-refractivity contribution in [1.82, 2.24) is 19.2 Å². The molecular formula is C18H25N5O3S. The smallest absolute Gasteiger partial charge is 0.217 e. The standard InChI is InChI=1S/C18H25N5O3S/c1-21-17(5-4-16(19)24)20-23(18(21)27)11-22-7-6-12-8-14(25-2)15(26-3)9-13(12)10-22/h8-9H,4-7,10-11H2,1-3H3,(H2,19,24). The van der Waals surface area contributed by atoms with Crippen LogP contribution in [-0.4, -0.2) is 45.9 Å². The van der Waals surface area contributed by atoms with E-state index in [9.17, 15) is 4.79 Å². The predicted octanol–water partition coefficient (Wildman–Crippen LogP) is 1.40. The summed E-state index contributed by atoms with van der Waals surface area (Å²) in [5.74, 6) is 1.92. The topological polar surface area (TPSA) is 87.5 Å². The van der Waals surface area contributed by atoms with E-state index in [1.807, 2.05) is 17.7 Å². The Hall–Kier alpha value is -2.39. The van der Waals surface area contributed by atoms with Gasteiger partial charge in [-0.3, -0.25) is 9.69 Å². The number of rotatable bonds is 7. The molecule has 0 saturated carbocycles. The first-order valence-electron chi connectivity index (χ1n) is 8.80. The molecule has 1 aliphatic heterocycles. The number of aromatic nitrogens is 3. The monoisotopic (exact) mass is 391 g/mol. The van der Waals surface area contributed by atoms with Crippen LogP contribution >= 0.6 is 12.2 Å². The molecule has 1 aromatic carbocycles. The van der Waals surface area contributed by atoms with E-state index in [0.29, 0.717) is 17.9 Å². The quantitative estimate of drug-likeness (QED) is 0.718. The molecule has 2 N–H and O–H groups in total. The number of hydrogen-bond acceptors (Lipinski definition) is 6. The molecule has 0 bridgehead atoms. The summed E-state index contributed by atoms with van der Waals surface area (Å²) in [5.41, 5.74) is 7.73. The maximum Gasteiger partial charge on any atom is 0.217 e. The van der Waals surface area contributed by atoms with E-state index in [2.05, 4.69) is 16.1 Å².